The van der Waals surface area contributed by atoms with Gasteiger partial charge >= 0.3 is 12.1 Å². The Labute approximate surface area is 214 Å². The molecule has 0 fully saturated rings. The third-order valence-corrected chi connectivity index (χ3v) is 5.58. The Bertz CT molecular complexity index is 1220. The summed E-state index contributed by atoms with van der Waals surface area (Å²) in [4.78, 5) is 32.9. The fourth-order valence-electron chi connectivity index (χ4n) is 3.31. The molecule has 0 bridgehead atoms. The van der Waals surface area contributed by atoms with E-state index in [2.05, 4.69) is 20.0 Å². The van der Waals surface area contributed by atoms with Gasteiger partial charge in [-0.2, -0.15) is 4.98 Å². The minimum Gasteiger partial charge on any atom is -0.478 e. The normalized spacial score (nSPS) is 11.0. The maximum atomic E-state index is 11.9. The number of ether oxygens (including phenoxy) is 2. The highest BCUT2D eigenvalue weighted by atomic mass is 32.2. The molecule has 0 unspecified atom stereocenters. The van der Waals surface area contributed by atoms with E-state index in [0.717, 1.165) is 16.7 Å². The number of carboxylic acids is 1. The molecule has 0 saturated carbocycles. The maximum absolute atomic E-state index is 11.9. The first-order chi connectivity index (χ1) is 17.0. The van der Waals surface area contributed by atoms with Gasteiger partial charge in [-0.15, -0.1) is 0 Å². The van der Waals surface area contributed by atoms with Crippen molar-refractivity contribution in [3.63, 3.8) is 0 Å². The number of hydrogen-bond donors (Lipinski definition) is 3. The first-order valence-corrected chi connectivity index (χ1v) is 12.1. The number of nitrogens with zero attached hydrogens (tertiary/aromatic N) is 2. The third-order valence-electron chi connectivity index (χ3n) is 4.80. The summed E-state index contributed by atoms with van der Waals surface area (Å²) < 4.78 is 14.1. The Morgan fingerprint density at radius 3 is 2.39 bits per heavy atom. The third kappa shape index (κ3) is 7.88. The summed E-state index contributed by atoms with van der Waals surface area (Å²) in [7, 11) is 0. The Morgan fingerprint density at radius 1 is 1.03 bits per heavy atom. The van der Waals surface area contributed by atoms with Gasteiger partial charge < -0.3 is 19.9 Å². The molecule has 0 radical (unpaired) electrons. The van der Waals surface area contributed by atoms with Gasteiger partial charge in [0.25, 0.3) is 0 Å². The molecule has 190 valence electrons. The topological polar surface area (TPSA) is 123 Å². The van der Waals surface area contributed by atoms with Gasteiger partial charge in [0.15, 0.2) is 0 Å². The summed E-state index contributed by atoms with van der Waals surface area (Å²) in [6.45, 7) is 9.81. The molecule has 1 aromatic heterocycles. The molecule has 3 rings (SSSR count). The number of nitrogens with one attached hydrogen (secondary N) is 2. The fraction of sp³-hybridized carbons (Fsp3) is 0.308. The molecular weight excluding hydrogens is 480 g/mol. The first-order valence-electron chi connectivity index (χ1n) is 11.3. The molecule has 1 heterocycles. The van der Waals surface area contributed by atoms with Crippen molar-refractivity contribution in [3.8, 4) is 17.1 Å². The highest BCUT2D eigenvalue weighted by molar-refractivity contribution is 8.00. The van der Waals surface area contributed by atoms with Crippen molar-refractivity contribution < 1.29 is 24.2 Å². The zero-order valence-corrected chi connectivity index (χ0v) is 21.7. The number of aromatic carboxylic acids is 1. The molecule has 10 heteroatoms. The molecule has 9 nitrogen and oxygen atoms in total. The molecule has 3 aromatic rings. The van der Waals surface area contributed by atoms with E-state index in [9.17, 15) is 14.7 Å². The van der Waals surface area contributed by atoms with Crippen molar-refractivity contribution in [3.05, 3.63) is 65.2 Å². The number of benzene rings is 2. The Morgan fingerprint density at radius 2 is 1.72 bits per heavy atom. The molecule has 0 saturated heterocycles. The predicted octanol–water partition coefficient (Wildman–Crippen LogP) is 5.48. The molecule has 36 heavy (non-hydrogen) atoms. The molecular formula is C26H30N4O5S. The lowest BCUT2D eigenvalue weighted by molar-refractivity contribution is 0.0519. The number of amides is 1. The summed E-state index contributed by atoms with van der Waals surface area (Å²) in [5, 5.41) is 11.9. The summed E-state index contributed by atoms with van der Waals surface area (Å²) in [5.41, 5.74) is 3.36. The van der Waals surface area contributed by atoms with Gasteiger partial charge in [-0.1, -0.05) is 24.3 Å². The lowest BCUT2D eigenvalue weighted by Gasteiger charge is -2.19. The SMILES string of the molecule is Cc1cccc(C)c1-c1cc(OCCNC(=O)OC(C)(C)C)nc(NSc2cccc(C(=O)O)c2)n1. The largest absolute Gasteiger partial charge is 0.478 e. The molecule has 0 aliphatic rings. The van der Waals surface area contributed by atoms with Gasteiger partial charge in [-0.3, -0.25) is 4.72 Å². The van der Waals surface area contributed by atoms with Crippen LogP contribution in [-0.4, -0.2) is 45.9 Å². The Hall–Kier alpha value is -3.79. The van der Waals surface area contributed by atoms with E-state index in [4.69, 9.17) is 9.47 Å². The van der Waals surface area contributed by atoms with Gasteiger partial charge in [-0.05, 0) is 75.9 Å². The average molecular weight is 511 g/mol. The van der Waals surface area contributed by atoms with Gasteiger partial charge in [0, 0.05) is 16.5 Å². The number of carboxylic acid groups (broad SMARTS) is 1. The lowest BCUT2D eigenvalue weighted by atomic mass is 10.00. The predicted molar refractivity (Wildman–Crippen MR) is 140 cm³/mol. The Kier molecular flexibility index (Phi) is 8.76. The smallest absolute Gasteiger partial charge is 0.407 e. The van der Waals surface area contributed by atoms with Crippen LogP contribution >= 0.6 is 11.9 Å². The first kappa shape index (κ1) is 26.8. The summed E-state index contributed by atoms with van der Waals surface area (Å²) in [6.07, 6.45) is -0.521. The highest BCUT2D eigenvalue weighted by Gasteiger charge is 2.16. The number of aryl methyl sites for hydroxylation is 2. The number of aromatic nitrogens is 2. The average Bonchev–Trinajstić information content (AvgIpc) is 2.79. The summed E-state index contributed by atoms with van der Waals surface area (Å²) >= 11 is 1.20. The molecule has 2 aromatic carbocycles. The minimum absolute atomic E-state index is 0.176. The van der Waals surface area contributed by atoms with Crippen molar-refractivity contribution in [2.24, 2.45) is 0 Å². The summed E-state index contributed by atoms with van der Waals surface area (Å²) in [6, 6.07) is 14.3. The zero-order chi connectivity index (χ0) is 26.3. The van der Waals surface area contributed by atoms with Gasteiger partial charge in [0.05, 0.1) is 17.8 Å². The standard InChI is InChI=1S/C26H30N4O5S/c1-16-8-6-9-17(2)22(16)20-15-21(34-13-12-27-25(33)35-26(3,4)5)29-24(28-20)30-36-19-11-7-10-18(14-19)23(31)32/h6-11,14-15H,12-13H2,1-5H3,(H,27,33)(H,31,32)(H,28,29,30). The second-order valence-electron chi connectivity index (χ2n) is 9.00. The van der Waals surface area contributed by atoms with E-state index in [1.807, 2.05) is 32.0 Å². The number of carbonyl (C=O) groups is 2. The molecule has 1 amide bonds. The van der Waals surface area contributed by atoms with E-state index in [1.165, 1.54) is 18.0 Å². The van der Waals surface area contributed by atoms with Crippen LogP contribution in [0.4, 0.5) is 10.7 Å². The van der Waals surface area contributed by atoms with Crippen LogP contribution < -0.4 is 14.8 Å². The Balaban J connectivity index is 1.78. The van der Waals surface area contributed by atoms with E-state index in [-0.39, 0.29) is 18.7 Å². The van der Waals surface area contributed by atoms with E-state index < -0.39 is 17.7 Å². The molecule has 0 spiro atoms. The zero-order valence-electron chi connectivity index (χ0n) is 20.9. The molecule has 0 atom stereocenters. The van der Waals surface area contributed by atoms with Crippen LogP contribution in [0.1, 0.15) is 42.3 Å². The van der Waals surface area contributed by atoms with Crippen molar-refractivity contribution >= 4 is 30.0 Å². The molecule has 3 N–H and O–H groups in total. The number of anilines is 1. The van der Waals surface area contributed by atoms with Crippen LogP contribution in [0, 0.1) is 13.8 Å². The van der Waals surface area contributed by atoms with Gasteiger partial charge in [-0.25, -0.2) is 14.6 Å². The van der Waals surface area contributed by atoms with Crippen LogP contribution in [0.5, 0.6) is 5.88 Å². The van der Waals surface area contributed by atoms with E-state index >= 15 is 0 Å². The van der Waals surface area contributed by atoms with Gasteiger partial charge in [0.2, 0.25) is 11.8 Å². The van der Waals surface area contributed by atoms with Crippen LogP contribution in [0.25, 0.3) is 11.3 Å². The fourth-order valence-corrected chi connectivity index (χ4v) is 3.94. The number of alkyl carbamates (subject to hydrolysis) is 1. The number of carbonyl (C=O) groups excluding carboxylic acids is 1. The molecule has 0 aliphatic carbocycles. The lowest BCUT2D eigenvalue weighted by Crippen LogP contribution is -2.34. The maximum Gasteiger partial charge on any atom is 0.407 e. The van der Waals surface area contributed by atoms with Gasteiger partial charge in [0.1, 0.15) is 12.2 Å². The van der Waals surface area contributed by atoms with Crippen molar-refractivity contribution in [1.29, 1.82) is 0 Å². The number of hydrogen-bond acceptors (Lipinski definition) is 8. The number of rotatable bonds is 9. The van der Waals surface area contributed by atoms with Crippen LogP contribution in [0.15, 0.2) is 53.4 Å². The van der Waals surface area contributed by atoms with Crippen molar-refractivity contribution in [2.75, 3.05) is 17.9 Å². The minimum atomic E-state index is -0.999. The van der Waals surface area contributed by atoms with Crippen LogP contribution in [0.3, 0.4) is 0 Å². The highest BCUT2D eigenvalue weighted by Crippen LogP contribution is 2.30. The van der Waals surface area contributed by atoms with E-state index in [1.54, 1.807) is 45.0 Å². The summed E-state index contributed by atoms with van der Waals surface area (Å²) in [5.74, 6) is -0.367. The van der Waals surface area contributed by atoms with Crippen LogP contribution in [0.2, 0.25) is 0 Å². The van der Waals surface area contributed by atoms with Crippen molar-refractivity contribution in [1.82, 2.24) is 15.3 Å². The second-order valence-corrected chi connectivity index (χ2v) is 9.88. The molecule has 0 aliphatic heterocycles. The monoisotopic (exact) mass is 510 g/mol. The van der Waals surface area contributed by atoms with E-state index in [0.29, 0.717) is 22.4 Å². The second kappa shape index (κ2) is 11.8. The quantitative estimate of drug-likeness (QED) is 0.254. The van der Waals surface area contributed by atoms with Crippen molar-refractivity contribution in [2.45, 2.75) is 45.1 Å². The van der Waals surface area contributed by atoms with Crippen LogP contribution in [-0.2, 0) is 4.74 Å².